The first-order valence-electron chi connectivity index (χ1n) is 9.64. The average molecular weight is 365 g/mol. The lowest BCUT2D eigenvalue weighted by molar-refractivity contribution is 0.218. The van der Waals surface area contributed by atoms with Gasteiger partial charge in [0.25, 0.3) is 0 Å². The van der Waals surface area contributed by atoms with Gasteiger partial charge in [-0.1, -0.05) is 62.9 Å². The van der Waals surface area contributed by atoms with Crippen molar-refractivity contribution in [3.63, 3.8) is 0 Å². The molecular formula is C22H33FOS. The standard InChI is InChI=1S/C22H33FOS/c1-24-17-19-25-18-12-10-8-6-4-2-3-5-7-9-11-14-21-15-13-16-22(23)20-21/h13,15-16,20H,2-10,12,17-19H2,1H3. The molecule has 1 aromatic rings. The number of methoxy groups -OCH3 is 1. The van der Waals surface area contributed by atoms with E-state index in [9.17, 15) is 4.39 Å². The van der Waals surface area contributed by atoms with Crippen molar-refractivity contribution in [1.82, 2.24) is 0 Å². The maximum atomic E-state index is 13.0. The van der Waals surface area contributed by atoms with Gasteiger partial charge < -0.3 is 4.74 Å². The van der Waals surface area contributed by atoms with Crippen molar-refractivity contribution < 1.29 is 9.13 Å². The van der Waals surface area contributed by atoms with Crippen LogP contribution in [0.2, 0.25) is 0 Å². The van der Waals surface area contributed by atoms with E-state index in [2.05, 4.69) is 11.8 Å². The second-order valence-electron chi connectivity index (χ2n) is 6.35. The topological polar surface area (TPSA) is 9.23 Å². The molecule has 0 radical (unpaired) electrons. The third-order valence-corrected chi connectivity index (χ3v) is 5.11. The summed E-state index contributed by atoms with van der Waals surface area (Å²) in [5.74, 6) is 8.37. The van der Waals surface area contributed by atoms with Gasteiger partial charge in [-0.3, -0.25) is 0 Å². The number of rotatable bonds is 14. The highest BCUT2D eigenvalue weighted by Crippen LogP contribution is 2.12. The van der Waals surface area contributed by atoms with Gasteiger partial charge in [0, 0.05) is 24.8 Å². The van der Waals surface area contributed by atoms with Crippen LogP contribution in [0.25, 0.3) is 0 Å². The Hall–Kier alpha value is -0.980. The molecule has 0 aliphatic carbocycles. The van der Waals surface area contributed by atoms with Crippen LogP contribution >= 0.6 is 11.8 Å². The van der Waals surface area contributed by atoms with Crippen molar-refractivity contribution >= 4 is 11.8 Å². The van der Waals surface area contributed by atoms with Crippen molar-refractivity contribution in [2.75, 3.05) is 25.2 Å². The van der Waals surface area contributed by atoms with Crippen LogP contribution in [0.3, 0.4) is 0 Å². The summed E-state index contributed by atoms with van der Waals surface area (Å²) < 4.78 is 18.0. The first-order valence-corrected chi connectivity index (χ1v) is 10.8. The zero-order chi connectivity index (χ0) is 18.0. The molecule has 0 aliphatic heterocycles. The Morgan fingerprint density at radius 2 is 1.60 bits per heavy atom. The summed E-state index contributed by atoms with van der Waals surface area (Å²) in [6.45, 7) is 0.876. The molecule has 0 spiro atoms. The van der Waals surface area contributed by atoms with E-state index in [1.54, 1.807) is 13.2 Å². The predicted octanol–water partition coefficient (Wildman–Crippen LogP) is 6.46. The molecule has 140 valence electrons. The molecule has 1 aromatic carbocycles. The maximum absolute atomic E-state index is 13.0. The molecule has 0 fully saturated rings. The Bertz CT molecular complexity index is 492. The Kier molecular flexibility index (Phi) is 14.5. The van der Waals surface area contributed by atoms with E-state index in [0.29, 0.717) is 0 Å². The molecular weight excluding hydrogens is 331 g/mol. The average Bonchev–Trinajstić information content (AvgIpc) is 2.61. The first kappa shape index (κ1) is 22.1. The Morgan fingerprint density at radius 3 is 2.28 bits per heavy atom. The number of unbranched alkanes of at least 4 members (excludes halogenated alkanes) is 9. The van der Waals surface area contributed by atoms with Crippen molar-refractivity contribution in [1.29, 1.82) is 0 Å². The molecule has 0 amide bonds. The third-order valence-electron chi connectivity index (χ3n) is 4.08. The van der Waals surface area contributed by atoms with Crippen LogP contribution in [0.4, 0.5) is 4.39 Å². The second-order valence-corrected chi connectivity index (χ2v) is 7.57. The monoisotopic (exact) mass is 364 g/mol. The molecule has 0 aliphatic rings. The Labute approximate surface area is 158 Å². The molecule has 0 bridgehead atoms. The van der Waals surface area contributed by atoms with Gasteiger partial charge in [0.05, 0.1) is 6.61 Å². The van der Waals surface area contributed by atoms with Gasteiger partial charge in [0.1, 0.15) is 5.82 Å². The van der Waals surface area contributed by atoms with Crippen LogP contribution in [-0.4, -0.2) is 25.2 Å². The SMILES string of the molecule is COCCSCCCCCCCCCCCC#Cc1cccc(F)c1. The maximum Gasteiger partial charge on any atom is 0.124 e. The minimum Gasteiger partial charge on any atom is -0.384 e. The number of halogens is 1. The van der Waals surface area contributed by atoms with Crippen molar-refractivity contribution in [2.24, 2.45) is 0 Å². The number of hydrogen-bond acceptors (Lipinski definition) is 2. The van der Waals surface area contributed by atoms with Crippen LogP contribution < -0.4 is 0 Å². The van der Waals surface area contributed by atoms with E-state index >= 15 is 0 Å². The summed E-state index contributed by atoms with van der Waals surface area (Å²) in [5, 5.41) is 0. The molecule has 0 atom stereocenters. The summed E-state index contributed by atoms with van der Waals surface area (Å²) in [6, 6.07) is 6.51. The quantitative estimate of drug-likeness (QED) is 0.277. The summed E-state index contributed by atoms with van der Waals surface area (Å²) in [5.41, 5.74) is 0.775. The molecule has 0 unspecified atom stereocenters. The molecule has 0 saturated carbocycles. The second kappa shape index (κ2) is 16.5. The number of hydrogen-bond donors (Lipinski definition) is 0. The summed E-state index contributed by atoms with van der Waals surface area (Å²) in [4.78, 5) is 0. The van der Waals surface area contributed by atoms with E-state index < -0.39 is 0 Å². The fourth-order valence-corrected chi connectivity index (χ4v) is 3.53. The summed E-state index contributed by atoms with van der Waals surface area (Å²) >= 11 is 2.00. The summed E-state index contributed by atoms with van der Waals surface area (Å²) in [6.07, 6.45) is 12.8. The van der Waals surface area contributed by atoms with Gasteiger partial charge in [-0.25, -0.2) is 4.39 Å². The zero-order valence-electron chi connectivity index (χ0n) is 15.7. The van der Waals surface area contributed by atoms with Crippen molar-refractivity contribution in [3.8, 4) is 11.8 Å². The van der Waals surface area contributed by atoms with E-state index in [1.807, 2.05) is 17.8 Å². The summed E-state index contributed by atoms with van der Waals surface area (Å²) in [7, 11) is 1.76. The fraction of sp³-hybridized carbons (Fsp3) is 0.636. The van der Waals surface area contributed by atoms with Gasteiger partial charge in [-0.05, 0) is 36.8 Å². The minimum atomic E-state index is -0.211. The van der Waals surface area contributed by atoms with E-state index in [-0.39, 0.29) is 5.82 Å². The molecule has 1 nitrogen and oxygen atoms in total. The highest BCUT2D eigenvalue weighted by atomic mass is 32.2. The van der Waals surface area contributed by atoms with Gasteiger partial charge in [-0.15, -0.1) is 0 Å². The van der Waals surface area contributed by atoms with Gasteiger partial charge in [0.15, 0.2) is 0 Å². The molecule has 0 heterocycles. The Morgan fingerprint density at radius 1 is 0.920 bits per heavy atom. The highest BCUT2D eigenvalue weighted by Gasteiger charge is 1.94. The van der Waals surface area contributed by atoms with E-state index in [0.717, 1.165) is 30.8 Å². The van der Waals surface area contributed by atoms with Crippen LogP contribution in [0.5, 0.6) is 0 Å². The fourth-order valence-electron chi connectivity index (χ4n) is 2.63. The smallest absolute Gasteiger partial charge is 0.124 e. The largest absolute Gasteiger partial charge is 0.384 e. The minimum absolute atomic E-state index is 0.211. The van der Waals surface area contributed by atoms with E-state index in [4.69, 9.17) is 4.74 Å². The van der Waals surface area contributed by atoms with Crippen LogP contribution in [0.15, 0.2) is 24.3 Å². The number of benzene rings is 1. The zero-order valence-corrected chi connectivity index (χ0v) is 16.5. The van der Waals surface area contributed by atoms with Crippen LogP contribution in [0.1, 0.15) is 69.8 Å². The van der Waals surface area contributed by atoms with Gasteiger partial charge in [0.2, 0.25) is 0 Å². The van der Waals surface area contributed by atoms with Crippen LogP contribution in [0, 0.1) is 17.7 Å². The van der Waals surface area contributed by atoms with Gasteiger partial charge in [-0.2, -0.15) is 11.8 Å². The molecule has 1 rings (SSSR count). The lowest BCUT2D eigenvalue weighted by Crippen LogP contribution is -1.92. The molecule has 25 heavy (non-hydrogen) atoms. The molecule has 0 aromatic heterocycles. The molecule has 0 N–H and O–H groups in total. The number of thioether (sulfide) groups is 1. The normalized spacial score (nSPS) is 10.5. The number of ether oxygens (including phenoxy) is 1. The Balaban J connectivity index is 1.82. The molecule has 3 heteroatoms. The van der Waals surface area contributed by atoms with Crippen molar-refractivity contribution in [3.05, 3.63) is 35.6 Å². The third kappa shape index (κ3) is 13.9. The van der Waals surface area contributed by atoms with E-state index in [1.165, 1.54) is 69.3 Å². The lowest BCUT2D eigenvalue weighted by atomic mass is 10.1. The predicted molar refractivity (Wildman–Crippen MR) is 109 cm³/mol. The first-order chi connectivity index (χ1) is 12.3. The lowest BCUT2D eigenvalue weighted by Gasteiger charge is -2.02. The molecule has 0 saturated heterocycles. The van der Waals surface area contributed by atoms with Crippen LogP contribution in [-0.2, 0) is 4.74 Å². The van der Waals surface area contributed by atoms with Gasteiger partial charge >= 0.3 is 0 Å². The van der Waals surface area contributed by atoms with Crippen molar-refractivity contribution in [2.45, 2.75) is 64.2 Å². The highest BCUT2D eigenvalue weighted by molar-refractivity contribution is 7.99.